The zero-order chi connectivity index (χ0) is 11.9. The molecular formula is C14H15NS2. The second-order valence-corrected chi connectivity index (χ2v) is 5.24. The van der Waals surface area contributed by atoms with E-state index in [2.05, 4.69) is 47.9 Å². The molecule has 0 aliphatic rings. The molecule has 1 atom stereocenters. The highest BCUT2D eigenvalue weighted by Crippen LogP contribution is 2.26. The van der Waals surface area contributed by atoms with E-state index < -0.39 is 0 Å². The standard InChI is InChI=1S/C14H15NS2/c16-10-13(12-4-2-1-3-5-12)11-17-14-6-8-15-9-7-14/h1-9,13,16H,10-11H2. The molecule has 2 aromatic rings. The summed E-state index contributed by atoms with van der Waals surface area (Å²) < 4.78 is 0. The molecule has 1 aromatic heterocycles. The molecule has 17 heavy (non-hydrogen) atoms. The first-order chi connectivity index (χ1) is 8.40. The maximum atomic E-state index is 4.45. The van der Waals surface area contributed by atoms with Gasteiger partial charge in [-0.05, 0) is 23.4 Å². The van der Waals surface area contributed by atoms with Crippen LogP contribution in [0.15, 0.2) is 59.8 Å². The number of hydrogen-bond donors (Lipinski definition) is 1. The molecule has 0 N–H and O–H groups in total. The summed E-state index contributed by atoms with van der Waals surface area (Å²) in [6.45, 7) is 0. The van der Waals surface area contributed by atoms with E-state index in [9.17, 15) is 0 Å². The molecule has 0 aliphatic carbocycles. The van der Waals surface area contributed by atoms with Crippen LogP contribution in [0.4, 0.5) is 0 Å². The topological polar surface area (TPSA) is 12.9 Å². The predicted octanol–water partition coefficient (Wildman–Crippen LogP) is 3.89. The van der Waals surface area contributed by atoms with Gasteiger partial charge in [-0.3, -0.25) is 4.98 Å². The van der Waals surface area contributed by atoms with E-state index in [1.807, 2.05) is 36.3 Å². The first kappa shape index (κ1) is 12.5. The van der Waals surface area contributed by atoms with E-state index in [1.165, 1.54) is 10.5 Å². The molecule has 1 nitrogen and oxygen atoms in total. The SMILES string of the molecule is SCC(CSc1ccncc1)c1ccccc1. The van der Waals surface area contributed by atoms with Gasteiger partial charge in [-0.2, -0.15) is 12.6 Å². The molecule has 2 rings (SSSR count). The van der Waals surface area contributed by atoms with Crippen molar-refractivity contribution >= 4 is 24.4 Å². The lowest BCUT2D eigenvalue weighted by atomic mass is 10.0. The number of hydrogen-bond acceptors (Lipinski definition) is 3. The van der Waals surface area contributed by atoms with Gasteiger partial charge in [-0.25, -0.2) is 0 Å². The highest BCUT2D eigenvalue weighted by molar-refractivity contribution is 7.99. The third kappa shape index (κ3) is 3.79. The van der Waals surface area contributed by atoms with Crippen molar-refractivity contribution in [2.24, 2.45) is 0 Å². The summed E-state index contributed by atoms with van der Waals surface area (Å²) in [6.07, 6.45) is 3.67. The van der Waals surface area contributed by atoms with Gasteiger partial charge in [0, 0.05) is 29.0 Å². The van der Waals surface area contributed by atoms with Gasteiger partial charge in [-0.1, -0.05) is 30.3 Å². The smallest absolute Gasteiger partial charge is 0.0278 e. The lowest BCUT2D eigenvalue weighted by molar-refractivity contribution is 0.898. The molecule has 1 aromatic carbocycles. The van der Waals surface area contributed by atoms with Crippen molar-refractivity contribution < 1.29 is 0 Å². The fourth-order valence-corrected chi connectivity index (χ4v) is 3.14. The van der Waals surface area contributed by atoms with Crippen molar-refractivity contribution in [2.75, 3.05) is 11.5 Å². The summed E-state index contributed by atoms with van der Waals surface area (Å²) in [5.74, 6) is 2.43. The second-order valence-electron chi connectivity index (χ2n) is 3.78. The molecule has 88 valence electrons. The largest absolute Gasteiger partial charge is 0.265 e. The molecule has 1 unspecified atom stereocenters. The van der Waals surface area contributed by atoms with E-state index >= 15 is 0 Å². The van der Waals surface area contributed by atoms with Crippen LogP contribution in [0.2, 0.25) is 0 Å². The van der Waals surface area contributed by atoms with E-state index in [-0.39, 0.29) is 0 Å². The fraction of sp³-hybridized carbons (Fsp3) is 0.214. The lowest BCUT2D eigenvalue weighted by Crippen LogP contribution is -2.03. The highest BCUT2D eigenvalue weighted by atomic mass is 32.2. The summed E-state index contributed by atoms with van der Waals surface area (Å²) in [5, 5.41) is 0. The Labute approximate surface area is 112 Å². The van der Waals surface area contributed by atoms with Crippen molar-refractivity contribution in [1.82, 2.24) is 4.98 Å². The normalized spacial score (nSPS) is 12.3. The van der Waals surface area contributed by atoms with Crippen molar-refractivity contribution in [3.63, 3.8) is 0 Å². The predicted molar refractivity (Wildman–Crippen MR) is 78.0 cm³/mol. The van der Waals surface area contributed by atoms with Gasteiger partial charge in [0.1, 0.15) is 0 Å². The van der Waals surface area contributed by atoms with E-state index in [4.69, 9.17) is 0 Å². The Bertz CT molecular complexity index is 430. The Hall–Kier alpha value is -0.930. The first-order valence-electron chi connectivity index (χ1n) is 5.59. The second kappa shape index (κ2) is 6.72. The molecule has 0 fully saturated rings. The third-order valence-corrected chi connectivity index (χ3v) is 4.21. The highest BCUT2D eigenvalue weighted by Gasteiger charge is 2.09. The van der Waals surface area contributed by atoms with E-state index in [1.54, 1.807) is 0 Å². The van der Waals surface area contributed by atoms with Gasteiger partial charge in [-0.15, -0.1) is 11.8 Å². The Morgan fingerprint density at radius 3 is 2.41 bits per heavy atom. The van der Waals surface area contributed by atoms with Crippen molar-refractivity contribution in [3.05, 3.63) is 60.4 Å². The molecule has 0 radical (unpaired) electrons. The Kier molecular flexibility index (Phi) is 4.95. The summed E-state index contributed by atoms with van der Waals surface area (Å²) in [7, 11) is 0. The average Bonchev–Trinajstić information content (AvgIpc) is 2.42. The number of thioether (sulfide) groups is 1. The minimum atomic E-state index is 0.498. The Morgan fingerprint density at radius 1 is 1.06 bits per heavy atom. The van der Waals surface area contributed by atoms with Crippen LogP contribution in [0.1, 0.15) is 11.5 Å². The quantitative estimate of drug-likeness (QED) is 0.648. The number of nitrogens with zero attached hydrogens (tertiary/aromatic N) is 1. The summed E-state index contributed by atoms with van der Waals surface area (Å²) in [6, 6.07) is 14.7. The van der Waals surface area contributed by atoms with Crippen LogP contribution < -0.4 is 0 Å². The van der Waals surface area contributed by atoms with Crippen molar-refractivity contribution in [1.29, 1.82) is 0 Å². The Balaban J connectivity index is 1.97. The van der Waals surface area contributed by atoms with Gasteiger partial charge in [0.15, 0.2) is 0 Å². The maximum absolute atomic E-state index is 4.45. The van der Waals surface area contributed by atoms with Crippen LogP contribution in [0.25, 0.3) is 0 Å². The molecular weight excluding hydrogens is 246 g/mol. The minimum absolute atomic E-state index is 0.498. The Morgan fingerprint density at radius 2 is 1.76 bits per heavy atom. The van der Waals surface area contributed by atoms with Crippen LogP contribution in [-0.2, 0) is 0 Å². The third-order valence-electron chi connectivity index (χ3n) is 2.59. The van der Waals surface area contributed by atoms with Gasteiger partial charge >= 0.3 is 0 Å². The van der Waals surface area contributed by atoms with Crippen LogP contribution in [-0.4, -0.2) is 16.5 Å². The minimum Gasteiger partial charge on any atom is -0.265 e. The van der Waals surface area contributed by atoms with Crippen molar-refractivity contribution in [2.45, 2.75) is 10.8 Å². The molecule has 0 aliphatic heterocycles. The van der Waals surface area contributed by atoms with Gasteiger partial charge < -0.3 is 0 Å². The van der Waals surface area contributed by atoms with E-state index in [0.717, 1.165) is 11.5 Å². The van der Waals surface area contributed by atoms with Crippen LogP contribution in [0, 0.1) is 0 Å². The maximum Gasteiger partial charge on any atom is 0.0278 e. The number of thiol groups is 1. The monoisotopic (exact) mass is 261 g/mol. The molecule has 3 heteroatoms. The lowest BCUT2D eigenvalue weighted by Gasteiger charge is -2.14. The summed E-state index contributed by atoms with van der Waals surface area (Å²) in [4.78, 5) is 5.29. The van der Waals surface area contributed by atoms with Crippen LogP contribution in [0.3, 0.4) is 0 Å². The number of rotatable bonds is 5. The number of aromatic nitrogens is 1. The van der Waals surface area contributed by atoms with Gasteiger partial charge in [0.05, 0.1) is 0 Å². The zero-order valence-electron chi connectivity index (χ0n) is 9.49. The van der Waals surface area contributed by atoms with Crippen LogP contribution in [0.5, 0.6) is 0 Å². The first-order valence-corrected chi connectivity index (χ1v) is 7.20. The van der Waals surface area contributed by atoms with Gasteiger partial charge in [0.25, 0.3) is 0 Å². The molecule has 0 bridgehead atoms. The van der Waals surface area contributed by atoms with Crippen LogP contribution >= 0.6 is 24.4 Å². The molecule has 0 saturated carbocycles. The zero-order valence-corrected chi connectivity index (χ0v) is 11.2. The number of benzene rings is 1. The number of pyridine rings is 1. The summed E-state index contributed by atoms with van der Waals surface area (Å²) in [5.41, 5.74) is 1.36. The van der Waals surface area contributed by atoms with E-state index in [0.29, 0.717) is 5.92 Å². The van der Waals surface area contributed by atoms with Gasteiger partial charge in [0.2, 0.25) is 0 Å². The van der Waals surface area contributed by atoms with Crippen molar-refractivity contribution in [3.8, 4) is 0 Å². The molecule has 0 spiro atoms. The molecule has 1 heterocycles. The average molecular weight is 261 g/mol. The molecule has 0 amide bonds. The summed E-state index contributed by atoms with van der Waals surface area (Å²) >= 11 is 6.31. The molecule has 0 saturated heterocycles. The fourth-order valence-electron chi connectivity index (χ4n) is 1.61.